The first-order valence-electron chi connectivity index (χ1n) is 9.37. The van der Waals surface area contributed by atoms with Gasteiger partial charge in [-0.1, -0.05) is 0 Å². The number of aromatic nitrogens is 1. The van der Waals surface area contributed by atoms with E-state index in [0.717, 1.165) is 53.3 Å². The molecule has 2 fully saturated rings. The van der Waals surface area contributed by atoms with Crippen molar-refractivity contribution in [3.05, 3.63) is 35.2 Å². The van der Waals surface area contributed by atoms with Crippen LogP contribution in [0.1, 0.15) is 61.8 Å². The van der Waals surface area contributed by atoms with E-state index in [1.807, 2.05) is 12.3 Å². The molecule has 0 spiro atoms. The highest BCUT2D eigenvalue weighted by atomic mass is 32.2. The van der Waals surface area contributed by atoms with Crippen molar-refractivity contribution in [3.63, 3.8) is 0 Å². The average Bonchev–Trinajstić information content (AvgIpc) is 3.47. The molecule has 1 aromatic carbocycles. The van der Waals surface area contributed by atoms with E-state index in [0.29, 0.717) is 22.6 Å². The number of hydrogen-bond acceptors (Lipinski definition) is 3. The maximum Gasteiger partial charge on any atom is 0.241 e. The molecule has 3 aliphatic carbocycles. The summed E-state index contributed by atoms with van der Waals surface area (Å²) in [5.41, 5.74) is 1.48. The van der Waals surface area contributed by atoms with Crippen LogP contribution in [0.15, 0.2) is 23.2 Å². The van der Waals surface area contributed by atoms with E-state index in [1.54, 1.807) is 0 Å². The smallest absolute Gasteiger partial charge is 0.241 e. The second-order valence-electron chi connectivity index (χ2n) is 8.73. The number of alkyl halides is 1. The van der Waals surface area contributed by atoms with Crippen LogP contribution in [-0.2, 0) is 16.4 Å². The van der Waals surface area contributed by atoms with Gasteiger partial charge in [0, 0.05) is 35.1 Å². The molecule has 5 rings (SSSR count). The summed E-state index contributed by atoms with van der Waals surface area (Å²) < 4.78 is 42.9. The standard InChI is InChI=1S/C20H23FN2O2S/c1-20(2,21)10-23-26(24,25)19-16-8-17(11-3-4-11)22-9-14(16)6-13-5-12-7-15(12)18(13)19/h6,8-9,11-12,15,23H,3-5,7,10H2,1-2H3. The van der Waals surface area contributed by atoms with Gasteiger partial charge in [0.05, 0.1) is 4.90 Å². The molecule has 1 aromatic heterocycles. The van der Waals surface area contributed by atoms with Gasteiger partial charge in [-0.25, -0.2) is 17.5 Å². The highest BCUT2D eigenvalue weighted by Crippen LogP contribution is 2.59. The minimum absolute atomic E-state index is 0.227. The quantitative estimate of drug-likeness (QED) is 0.866. The number of nitrogens with one attached hydrogen (secondary N) is 1. The Bertz CT molecular complexity index is 1020. The zero-order valence-electron chi connectivity index (χ0n) is 15.0. The van der Waals surface area contributed by atoms with Crippen LogP contribution in [-0.4, -0.2) is 25.6 Å². The average molecular weight is 374 g/mol. The first-order valence-corrected chi connectivity index (χ1v) is 10.9. The molecule has 0 bridgehead atoms. The number of hydrogen-bond donors (Lipinski definition) is 1. The topological polar surface area (TPSA) is 59.1 Å². The Morgan fingerprint density at radius 2 is 2.08 bits per heavy atom. The molecule has 1 heterocycles. The van der Waals surface area contributed by atoms with E-state index in [-0.39, 0.29) is 6.54 Å². The number of sulfonamides is 1. The Balaban J connectivity index is 1.71. The van der Waals surface area contributed by atoms with Crippen molar-refractivity contribution in [2.24, 2.45) is 5.92 Å². The summed E-state index contributed by atoms with van der Waals surface area (Å²) in [7, 11) is -3.79. The summed E-state index contributed by atoms with van der Waals surface area (Å²) in [6, 6.07) is 4.07. The van der Waals surface area contributed by atoms with Crippen LogP contribution < -0.4 is 4.72 Å². The molecule has 2 aromatic rings. The Morgan fingerprint density at radius 3 is 2.77 bits per heavy atom. The van der Waals surface area contributed by atoms with Crippen molar-refractivity contribution in [1.82, 2.24) is 9.71 Å². The van der Waals surface area contributed by atoms with Crippen molar-refractivity contribution in [2.45, 2.75) is 61.9 Å². The lowest BCUT2D eigenvalue weighted by Crippen LogP contribution is -2.35. The van der Waals surface area contributed by atoms with Crippen molar-refractivity contribution in [2.75, 3.05) is 6.54 Å². The fourth-order valence-corrected chi connectivity index (χ4v) is 5.98. The van der Waals surface area contributed by atoms with Crippen LogP contribution in [0.25, 0.3) is 10.8 Å². The third kappa shape index (κ3) is 2.74. The number of nitrogens with zero attached hydrogens (tertiary/aromatic N) is 1. The van der Waals surface area contributed by atoms with Gasteiger partial charge in [-0.3, -0.25) is 4.98 Å². The van der Waals surface area contributed by atoms with Crippen LogP contribution in [0.2, 0.25) is 0 Å². The van der Waals surface area contributed by atoms with Crippen LogP contribution >= 0.6 is 0 Å². The normalized spacial score (nSPS) is 24.6. The molecule has 2 atom stereocenters. The van der Waals surface area contributed by atoms with Gasteiger partial charge < -0.3 is 0 Å². The summed E-state index contributed by atoms with van der Waals surface area (Å²) in [5, 5.41) is 1.62. The van der Waals surface area contributed by atoms with Gasteiger partial charge in [0.15, 0.2) is 0 Å². The fraction of sp³-hybridized carbons (Fsp3) is 0.550. The number of benzene rings is 1. The maximum absolute atomic E-state index is 13.9. The largest absolute Gasteiger partial charge is 0.260 e. The summed E-state index contributed by atoms with van der Waals surface area (Å²) in [6.45, 7) is 2.54. The monoisotopic (exact) mass is 374 g/mol. The van der Waals surface area contributed by atoms with Gasteiger partial charge in [-0.05, 0) is 74.6 Å². The van der Waals surface area contributed by atoms with E-state index in [2.05, 4.69) is 15.8 Å². The molecule has 0 saturated heterocycles. The number of fused-ring (bicyclic) bond motifs is 4. The predicted octanol–water partition coefficient (Wildman–Crippen LogP) is 3.80. The molecule has 0 amide bonds. The second-order valence-corrected chi connectivity index (χ2v) is 10.4. The lowest BCUT2D eigenvalue weighted by atomic mass is 10.00. The summed E-state index contributed by atoms with van der Waals surface area (Å²) in [5.74, 6) is 1.37. The third-order valence-corrected chi connectivity index (χ3v) is 7.34. The molecule has 138 valence electrons. The highest BCUT2D eigenvalue weighted by molar-refractivity contribution is 7.89. The van der Waals surface area contributed by atoms with Crippen molar-refractivity contribution in [3.8, 4) is 0 Å². The molecule has 6 heteroatoms. The molecule has 0 aliphatic heterocycles. The van der Waals surface area contributed by atoms with E-state index < -0.39 is 15.7 Å². The van der Waals surface area contributed by atoms with Gasteiger partial charge in [-0.2, -0.15) is 0 Å². The lowest BCUT2D eigenvalue weighted by molar-refractivity contribution is 0.221. The second kappa shape index (κ2) is 5.26. The molecule has 26 heavy (non-hydrogen) atoms. The predicted molar refractivity (Wildman–Crippen MR) is 98.6 cm³/mol. The number of rotatable bonds is 5. The Hall–Kier alpha value is -1.53. The highest BCUT2D eigenvalue weighted by Gasteiger charge is 2.48. The van der Waals surface area contributed by atoms with E-state index in [4.69, 9.17) is 0 Å². The lowest BCUT2D eigenvalue weighted by Gasteiger charge is -2.19. The van der Waals surface area contributed by atoms with Crippen LogP contribution in [0.4, 0.5) is 4.39 Å². The summed E-state index contributed by atoms with van der Waals surface area (Å²) >= 11 is 0. The number of halogens is 1. The number of pyridine rings is 1. The van der Waals surface area contributed by atoms with Crippen molar-refractivity contribution in [1.29, 1.82) is 0 Å². The molecule has 0 radical (unpaired) electrons. The van der Waals surface area contributed by atoms with Crippen molar-refractivity contribution >= 4 is 20.8 Å². The van der Waals surface area contributed by atoms with Gasteiger partial charge in [0.2, 0.25) is 10.0 Å². The van der Waals surface area contributed by atoms with Crippen LogP contribution in [0.3, 0.4) is 0 Å². The van der Waals surface area contributed by atoms with Crippen LogP contribution in [0.5, 0.6) is 0 Å². The van der Waals surface area contributed by atoms with Gasteiger partial charge in [-0.15, -0.1) is 0 Å². The SMILES string of the molecule is CC(C)(F)CNS(=O)(=O)c1c2c(cc3cnc(C4CC4)cc13)CC1CC21. The molecule has 2 unspecified atom stereocenters. The van der Waals surface area contributed by atoms with E-state index in [1.165, 1.54) is 13.8 Å². The Labute approximate surface area is 153 Å². The van der Waals surface area contributed by atoms with Gasteiger partial charge >= 0.3 is 0 Å². The minimum Gasteiger partial charge on any atom is -0.260 e. The molecular formula is C20H23FN2O2S. The maximum atomic E-state index is 13.9. The Morgan fingerprint density at radius 1 is 1.31 bits per heavy atom. The first-order chi connectivity index (χ1) is 12.2. The zero-order chi connectivity index (χ0) is 18.3. The Kier molecular flexibility index (Phi) is 3.36. The molecule has 2 saturated carbocycles. The summed E-state index contributed by atoms with van der Waals surface area (Å²) in [4.78, 5) is 4.94. The molecular weight excluding hydrogens is 351 g/mol. The summed E-state index contributed by atoms with van der Waals surface area (Å²) in [6.07, 6.45) is 6.05. The van der Waals surface area contributed by atoms with Gasteiger partial charge in [0.1, 0.15) is 5.67 Å². The van der Waals surface area contributed by atoms with Crippen LogP contribution in [0, 0.1) is 5.92 Å². The molecule has 4 nitrogen and oxygen atoms in total. The fourth-order valence-electron chi connectivity index (χ4n) is 4.27. The minimum atomic E-state index is -3.79. The van der Waals surface area contributed by atoms with E-state index >= 15 is 0 Å². The molecule has 3 aliphatic rings. The zero-order valence-corrected chi connectivity index (χ0v) is 15.9. The molecule has 1 N–H and O–H groups in total. The van der Waals surface area contributed by atoms with E-state index in [9.17, 15) is 12.8 Å². The third-order valence-electron chi connectivity index (χ3n) is 5.84. The van der Waals surface area contributed by atoms with Gasteiger partial charge in [0.25, 0.3) is 0 Å². The first kappa shape index (κ1) is 16.6. The van der Waals surface area contributed by atoms with Crippen molar-refractivity contribution < 1.29 is 12.8 Å².